The summed E-state index contributed by atoms with van der Waals surface area (Å²) in [6.07, 6.45) is -1.91. The highest BCUT2D eigenvalue weighted by molar-refractivity contribution is 6.32. The molecule has 2 unspecified atom stereocenters. The highest BCUT2D eigenvalue weighted by Crippen LogP contribution is 2.35. The molecule has 0 aromatic heterocycles. The Morgan fingerprint density at radius 3 is 1.60 bits per heavy atom. The number of phenolic OH excluding ortho intramolecular Hbond substituents is 1. The number of benzene rings is 4. The van der Waals surface area contributed by atoms with Crippen molar-refractivity contribution in [2.24, 2.45) is 0 Å². The quantitative estimate of drug-likeness (QED) is 0.139. The molecule has 0 amide bonds. The Labute approximate surface area is 325 Å². The summed E-state index contributed by atoms with van der Waals surface area (Å²) in [6.45, 7) is 2.66. The van der Waals surface area contributed by atoms with E-state index in [9.17, 15) is 25.3 Å². The van der Waals surface area contributed by atoms with Crippen molar-refractivity contribution in [2.75, 3.05) is 26.4 Å². The number of aliphatic hydroxyl groups excluding tert-OH is 1. The molecule has 4 aliphatic heterocycles. The molecule has 2 N–H and O–H groups in total. The van der Waals surface area contributed by atoms with Crippen LogP contribution in [0.15, 0.2) is 97.1 Å². The van der Waals surface area contributed by atoms with Crippen LogP contribution in [0.25, 0.3) is 0 Å². The van der Waals surface area contributed by atoms with Crippen LogP contribution < -0.4 is 4.74 Å². The molecule has 8 rings (SSSR count). The minimum atomic E-state index is -0.578. The molecule has 4 heterocycles. The van der Waals surface area contributed by atoms with Gasteiger partial charge in [-0.05, 0) is 23.3 Å². The summed E-state index contributed by atoms with van der Waals surface area (Å²) in [5.74, 6) is 0.214. The monoisotopic (exact) mass is 800 g/mol. The maximum absolute atomic E-state index is 10.8. The lowest BCUT2D eigenvalue weighted by Gasteiger charge is -2.18. The van der Waals surface area contributed by atoms with Crippen molar-refractivity contribution in [3.05, 3.63) is 138 Å². The van der Waals surface area contributed by atoms with Gasteiger partial charge in [0.05, 0.1) is 59.5 Å². The number of hydrogen-bond acceptors (Lipinski definition) is 13. The van der Waals surface area contributed by atoms with Crippen LogP contribution in [0.1, 0.15) is 11.1 Å². The zero-order valence-corrected chi connectivity index (χ0v) is 30.6. The van der Waals surface area contributed by atoms with Gasteiger partial charge >= 0.3 is 0 Å². The lowest BCUT2D eigenvalue weighted by molar-refractivity contribution is -0.385. The van der Waals surface area contributed by atoms with Gasteiger partial charge in [-0.25, -0.2) is 0 Å². The number of halogens is 2. The Morgan fingerprint density at radius 1 is 0.618 bits per heavy atom. The van der Waals surface area contributed by atoms with E-state index in [0.29, 0.717) is 45.4 Å². The predicted octanol–water partition coefficient (Wildman–Crippen LogP) is 6.06. The topological polar surface area (TPSA) is 191 Å². The summed E-state index contributed by atoms with van der Waals surface area (Å²) >= 11 is 11.5. The van der Waals surface area contributed by atoms with Crippen molar-refractivity contribution in [3.63, 3.8) is 0 Å². The van der Waals surface area contributed by atoms with Gasteiger partial charge < -0.3 is 43.4 Å². The SMILES string of the molecule is O=[N+]([O-])c1ccc(O)c(Cl)c1.O=[N+]([O-])c1ccc(OC2CO[C@@H]3[C@@H](OCc4ccccc4)CO[C@H]23)c(Cl)c1.OC1CO[C@@H]2[C@@H](OCc3ccccc3)CO[C@H]12. The largest absolute Gasteiger partial charge is 0.506 e. The van der Waals surface area contributed by atoms with E-state index in [0.717, 1.165) is 17.2 Å². The second-order valence-electron chi connectivity index (χ2n) is 12.9. The van der Waals surface area contributed by atoms with Crippen molar-refractivity contribution in [1.29, 1.82) is 0 Å². The number of aromatic hydroxyl groups is 1. The molecule has 4 aromatic carbocycles. The number of phenols is 1. The van der Waals surface area contributed by atoms with Gasteiger partial charge in [-0.1, -0.05) is 83.9 Å². The van der Waals surface area contributed by atoms with Crippen LogP contribution in [0, 0.1) is 20.2 Å². The number of fused-ring (bicyclic) bond motifs is 2. The third-order valence-electron chi connectivity index (χ3n) is 9.10. The first kappa shape index (κ1) is 40.2. The fraction of sp³-hybridized carbons (Fsp3) is 0.368. The summed E-state index contributed by atoms with van der Waals surface area (Å²) in [4.78, 5) is 19.9. The third-order valence-corrected chi connectivity index (χ3v) is 9.70. The molecule has 0 radical (unpaired) electrons. The van der Waals surface area contributed by atoms with Crippen molar-refractivity contribution in [3.8, 4) is 11.5 Å². The van der Waals surface area contributed by atoms with E-state index in [2.05, 4.69) is 0 Å². The van der Waals surface area contributed by atoms with Gasteiger partial charge in [-0.15, -0.1) is 0 Å². The first-order valence-corrected chi connectivity index (χ1v) is 18.0. The lowest BCUT2D eigenvalue weighted by atomic mass is 10.1. The summed E-state index contributed by atoms with van der Waals surface area (Å²) < 4.78 is 40.3. The first-order valence-electron chi connectivity index (χ1n) is 17.3. The first-order chi connectivity index (χ1) is 26.6. The van der Waals surface area contributed by atoms with Gasteiger partial charge in [0.1, 0.15) is 54.2 Å². The summed E-state index contributed by atoms with van der Waals surface area (Å²) in [5.41, 5.74) is 2.01. The minimum absolute atomic E-state index is 0.0146. The standard InChI is InChI=1S/C19H18ClNO6.C13H16O4.C6H4ClNO3/c20-14-8-13(21(22)23)6-7-15(14)27-17-11-26-18-16(10-25-19(17)18)24-9-12-4-2-1-3-5-12;14-10-7-16-13-11(8-17-12(10)13)15-6-9-4-2-1-3-5-9;7-5-3-4(8(10)11)1-2-6(5)9/h1-8,16-19H,9-11H2;1-5,10-14H,6-8H2;1-3,9H/t16-,17?,18+,19+;10?,11-,12+,13+;/m00./s1. The van der Waals surface area contributed by atoms with Gasteiger partial charge in [-0.2, -0.15) is 0 Å². The Bertz CT molecular complexity index is 1890. The number of nitrogens with zero attached hydrogens (tertiary/aromatic N) is 2. The molecule has 17 heteroatoms. The number of nitro groups is 2. The van der Waals surface area contributed by atoms with E-state index in [4.69, 9.17) is 61.5 Å². The van der Waals surface area contributed by atoms with Crippen LogP contribution in [0.2, 0.25) is 10.0 Å². The molecule has 292 valence electrons. The molecule has 4 fully saturated rings. The van der Waals surface area contributed by atoms with E-state index in [1.807, 2.05) is 60.7 Å². The predicted molar refractivity (Wildman–Crippen MR) is 197 cm³/mol. The van der Waals surface area contributed by atoms with Crippen molar-refractivity contribution in [2.45, 2.75) is 62.0 Å². The zero-order chi connectivity index (χ0) is 38.9. The maximum Gasteiger partial charge on any atom is 0.271 e. The number of ether oxygens (including phenoxy) is 7. The molecule has 0 spiro atoms. The molecule has 15 nitrogen and oxygen atoms in total. The molecule has 8 atom stereocenters. The summed E-state index contributed by atoms with van der Waals surface area (Å²) in [6, 6.07) is 27.5. The fourth-order valence-corrected chi connectivity index (χ4v) is 6.68. The van der Waals surface area contributed by atoms with E-state index in [-0.39, 0.29) is 69.9 Å². The van der Waals surface area contributed by atoms with Gasteiger partial charge in [0.2, 0.25) is 0 Å². The van der Waals surface area contributed by atoms with Crippen LogP contribution in [0.5, 0.6) is 11.5 Å². The highest BCUT2D eigenvalue weighted by Gasteiger charge is 2.50. The number of hydrogen-bond donors (Lipinski definition) is 2. The van der Waals surface area contributed by atoms with Crippen molar-refractivity contribution >= 4 is 34.6 Å². The Balaban J connectivity index is 0.000000156. The Morgan fingerprint density at radius 2 is 1.07 bits per heavy atom. The highest BCUT2D eigenvalue weighted by atomic mass is 35.5. The number of non-ortho nitro benzene ring substituents is 2. The number of aliphatic hydroxyl groups is 1. The van der Waals surface area contributed by atoms with Crippen molar-refractivity contribution < 1.29 is 53.2 Å². The van der Waals surface area contributed by atoms with E-state index < -0.39 is 16.0 Å². The number of rotatable bonds is 10. The van der Waals surface area contributed by atoms with Gasteiger partial charge in [0.15, 0.2) is 6.10 Å². The van der Waals surface area contributed by atoms with Gasteiger partial charge in [-0.3, -0.25) is 20.2 Å². The lowest BCUT2D eigenvalue weighted by Crippen LogP contribution is -2.35. The van der Waals surface area contributed by atoms with E-state index >= 15 is 0 Å². The van der Waals surface area contributed by atoms with Gasteiger partial charge in [0, 0.05) is 24.3 Å². The molecular weight excluding hydrogens is 763 g/mol. The van der Waals surface area contributed by atoms with Crippen LogP contribution in [-0.2, 0) is 41.6 Å². The molecule has 4 aliphatic rings. The Hall–Kier alpha value is -4.42. The van der Waals surface area contributed by atoms with E-state index in [1.54, 1.807) is 0 Å². The Kier molecular flexibility index (Phi) is 13.9. The average Bonchev–Trinajstić information content (AvgIpc) is 3.98. The second kappa shape index (κ2) is 18.9. The number of nitro benzene ring substituents is 2. The molecule has 55 heavy (non-hydrogen) atoms. The molecule has 0 aliphatic carbocycles. The van der Waals surface area contributed by atoms with Crippen molar-refractivity contribution in [1.82, 2.24) is 0 Å². The van der Waals surface area contributed by atoms with Gasteiger partial charge in [0.25, 0.3) is 11.4 Å². The van der Waals surface area contributed by atoms with Crippen LogP contribution in [0.3, 0.4) is 0 Å². The molecule has 4 aromatic rings. The zero-order valence-electron chi connectivity index (χ0n) is 29.1. The van der Waals surface area contributed by atoms with Crippen LogP contribution in [0.4, 0.5) is 11.4 Å². The fourth-order valence-electron chi connectivity index (χ4n) is 6.29. The third kappa shape index (κ3) is 10.5. The summed E-state index contributed by atoms with van der Waals surface area (Å²) in [5, 5.41) is 39.6. The maximum atomic E-state index is 10.8. The van der Waals surface area contributed by atoms with Crippen LogP contribution >= 0.6 is 23.2 Å². The normalized spacial score (nSPS) is 26.2. The summed E-state index contributed by atoms with van der Waals surface area (Å²) in [7, 11) is 0. The average molecular weight is 802 g/mol. The molecule has 4 saturated heterocycles. The second-order valence-corrected chi connectivity index (χ2v) is 13.7. The molecular formula is C38H38Cl2N2O13. The smallest absolute Gasteiger partial charge is 0.271 e. The molecule has 0 bridgehead atoms. The van der Waals surface area contributed by atoms with E-state index in [1.165, 1.54) is 30.3 Å². The minimum Gasteiger partial charge on any atom is -0.506 e. The molecule has 0 saturated carbocycles. The van der Waals surface area contributed by atoms with Crippen LogP contribution in [-0.4, -0.2) is 95.3 Å².